The topological polar surface area (TPSA) is 78.9 Å². The summed E-state index contributed by atoms with van der Waals surface area (Å²) < 4.78 is 5.42. The molecule has 1 fully saturated rings. The first-order valence-electron chi connectivity index (χ1n) is 8.10. The number of likely N-dealkylation sites (tertiary alicyclic amines) is 1. The Morgan fingerprint density at radius 1 is 1.41 bits per heavy atom. The molecule has 1 aliphatic heterocycles. The van der Waals surface area contributed by atoms with Crippen molar-refractivity contribution < 1.29 is 19.4 Å². The van der Waals surface area contributed by atoms with Crippen LogP contribution in [-0.4, -0.2) is 53.3 Å². The second-order valence-corrected chi connectivity index (χ2v) is 7.18. The van der Waals surface area contributed by atoms with E-state index in [2.05, 4.69) is 5.32 Å². The first-order chi connectivity index (χ1) is 10.2. The predicted octanol–water partition coefficient (Wildman–Crippen LogP) is 2.48. The lowest BCUT2D eigenvalue weighted by molar-refractivity contribution is -0.137. The number of amides is 1. The normalized spacial score (nSPS) is 20.5. The summed E-state index contributed by atoms with van der Waals surface area (Å²) in [5, 5.41) is 12.1. The summed E-state index contributed by atoms with van der Waals surface area (Å²) in [6.45, 7) is 9.87. The third-order valence-electron chi connectivity index (χ3n) is 3.72. The Balaban J connectivity index is 2.34. The molecule has 128 valence electrons. The molecule has 0 aromatic rings. The van der Waals surface area contributed by atoms with Gasteiger partial charge in [-0.05, 0) is 59.4 Å². The molecular weight excluding hydrogens is 284 g/mol. The molecule has 1 heterocycles. The molecule has 2 N–H and O–H groups in total. The highest BCUT2D eigenvalue weighted by Gasteiger charge is 2.27. The Bertz CT molecular complexity index is 379. The Kier molecular flexibility index (Phi) is 7.13. The average molecular weight is 314 g/mol. The third-order valence-corrected chi connectivity index (χ3v) is 3.72. The molecular formula is C16H30N2O4. The van der Waals surface area contributed by atoms with Crippen molar-refractivity contribution >= 4 is 12.1 Å². The summed E-state index contributed by atoms with van der Waals surface area (Å²) in [5.41, 5.74) is -0.465. The molecule has 0 aromatic carbocycles. The van der Waals surface area contributed by atoms with Gasteiger partial charge in [0.2, 0.25) is 0 Å². The summed E-state index contributed by atoms with van der Waals surface area (Å²) in [5.74, 6) is -0.365. The molecule has 2 atom stereocenters. The maximum atomic E-state index is 12.1. The second kappa shape index (κ2) is 8.36. The van der Waals surface area contributed by atoms with Gasteiger partial charge in [-0.3, -0.25) is 4.79 Å². The van der Waals surface area contributed by atoms with Gasteiger partial charge < -0.3 is 20.1 Å². The van der Waals surface area contributed by atoms with E-state index in [1.54, 1.807) is 4.90 Å². The lowest BCUT2D eigenvalue weighted by Crippen LogP contribution is -2.45. The van der Waals surface area contributed by atoms with E-state index in [0.29, 0.717) is 18.9 Å². The lowest BCUT2D eigenvalue weighted by Gasteiger charge is -2.34. The quantitative estimate of drug-likeness (QED) is 0.787. The highest BCUT2D eigenvalue weighted by atomic mass is 16.6. The summed E-state index contributed by atoms with van der Waals surface area (Å²) in [4.78, 5) is 24.4. The third kappa shape index (κ3) is 7.64. The van der Waals surface area contributed by atoms with Crippen LogP contribution < -0.4 is 5.32 Å². The van der Waals surface area contributed by atoms with Gasteiger partial charge in [0, 0.05) is 25.6 Å². The van der Waals surface area contributed by atoms with Crippen LogP contribution in [0.15, 0.2) is 0 Å². The maximum absolute atomic E-state index is 12.1. The number of nitrogens with one attached hydrogen (secondary N) is 1. The zero-order chi connectivity index (χ0) is 16.8. The van der Waals surface area contributed by atoms with Crippen LogP contribution in [0.25, 0.3) is 0 Å². The first kappa shape index (κ1) is 18.7. The van der Waals surface area contributed by atoms with Gasteiger partial charge in [-0.15, -0.1) is 0 Å². The molecule has 1 aliphatic rings. The number of aliphatic carboxylic acids is 1. The van der Waals surface area contributed by atoms with Crippen LogP contribution in [0.3, 0.4) is 0 Å². The summed E-state index contributed by atoms with van der Waals surface area (Å²) in [6.07, 6.45) is 2.63. The zero-order valence-corrected chi connectivity index (χ0v) is 14.2. The smallest absolute Gasteiger partial charge is 0.410 e. The molecule has 22 heavy (non-hydrogen) atoms. The zero-order valence-electron chi connectivity index (χ0n) is 14.2. The minimum absolute atomic E-state index is 0.174. The van der Waals surface area contributed by atoms with Crippen molar-refractivity contribution in [2.75, 3.05) is 19.6 Å². The van der Waals surface area contributed by atoms with E-state index in [9.17, 15) is 9.59 Å². The van der Waals surface area contributed by atoms with Gasteiger partial charge in [0.1, 0.15) is 5.60 Å². The fourth-order valence-corrected chi connectivity index (χ4v) is 2.53. The molecule has 1 saturated heterocycles. The van der Waals surface area contributed by atoms with Crippen molar-refractivity contribution in [3.05, 3.63) is 0 Å². The highest BCUT2D eigenvalue weighted by molar-refractivity contribution is 5.68. The molecule has 1 rings (SSSR count). The van der Waals surface area contributed by atoms with Gasteiger partial charge in [0.25, 0.3) is 0 Å². The van der Waals surface area contributed by atoms with Crippen LogP contribution in [0.2, 0.25) is 0 Å². The van der Waals surface area contributed by atoms with Gasteiger partial charge in [0.05, 0.1) is 0 Å². The SMILES string of the molecule is CC(CCC(=O)O)NCC1CCCN(C(=O)OC(C)(C)C)C1. The average Bonchev–Trinajstić information content (AvgIpc) is 2.41. The van der Waals surface area contributed by atoms with Crippen molar-refractivity contribution in [1.29, 1.82) is 0 Å². The molecule has 0 bridgehead atoms. The minimum Gasteiger partial charge on any atom is -0.481 e. The predicted molar refractivity (Wildman–Crippen MR) is 84.9 cm³/mol. The number of rotatable bonds is 6. The van der Waals surface area contributed by atoms with Crippen LogP contribution in [0.1, 0.15) is 53.4 Å². The standard InChI is InChI=1S/C16H30N2O4/c1-12(7-8-14(19)20)17-10-13-6-5-9-18(11-13)15(21)22-16(2,3)4/h12-13,17H,5-11H2,1-4H3,(H,19,20). The van der Waals surface area contributed by atoms with Crippen molar-refractivity contribution in [3.8, 4) is 0 Å². The van der Waals surface area contributed by atoms with E-state index >= 15 is 0 Å². The molecule has 0 saturated carbocycles. The summed E-state index contributed by atoms with van der Waals surface area (Å²) >= 11 is 0. The Hall–Kier alpha value is -1.30. The van der Waals surface area contributed by atoms with E-state index in [-0.39, 0.29) is 18.6 Å². The fraction of sp³-hybridized carbons (Fsp3) is 0.875. The minimum atomic E-state index is -0.762. The van der Waals surface area contributed by atoms with Crippen LogP contribution in [0, 0.1) is 5.92 Å². The van der Waals surface area contributed by atoms with Crippen LogP contribution in [-0.2, 0) is 9.53 Å². The Morgan fingerprint density at radius 2 is 2.09 bits per heavy atom. The van der Waals surface area contributed by atoms with E-state index in [0.717, 1.165) is 25.9 Å². The number of piperidine rings is 1. The van der Waals surface area contributed by atoms with Gasteiger partial charge in [-0.1, -0.05) is 0 Å². The molecule has 2 unspecified atom stereocenters. The lowest BCUT2D eigenvalue weighted by atomic mass is 9.98. The number of ether oxygens (including phenoxy) is 1. The monoisotopic (exact) mass is 314 g/mol. The van der Waals surface area contributed by atoms with Gasteiger partial charge in [0.15, 0.2) is 0 Å². The van der Waals surface area contributed by atoms with Gasteiger partial charge in [-0.25, -0.2) is 4.79 Å². The molecule has 6 nitrogen and oxygen atoms in total. The van der Waals surface area contributed by atoms with E-state index in [1.165, 1.54) is 0 Å². The van der Waals surface area contributed by atoms with Crippen LogP contribution in [0.4, 0.5) is 4.79 Å². The molecule has 0 aliphatic carbocycles. The number of carboxylic acids is 1. The van der Waals surface area contributed by atoms with Crippen LogP contribution in [0.5, 0.6) is 0 Å². The van der Waals surface area contributed by atoms with Gasteiger partial charge >= 0.3 is 12.1 Å². The molecule has 0 radical (unpaired) electrons. The fourth-order valence-electron chi connectivity index (χ4n) is 2.53. The number of carbonyl (C=O) groups excluding carboxylic acids is 1. The van der Waals surface area contributed by atoms with Crippen molar-refractivity contribution in [3.63, 3.8) is 0 Å². The van der Waals surface area contributed by atoms with Crippen molar-refractivity contribution in [2.24, 2.45) is 5.92 Å². The largest absolute Gasteiger partial charge is 0.481 e. The van der Waals surface area contributed by atoms with E-state index in [1.807, 2.05) is 27.7 Å². The summed E-state index contributed by atoms with van der Waals surface area (Å²) in [7, 11) is 0. The Morgan fingerprint density at radius 3 is 2.68 bits per heavy atom. The van der Waals surface area contributed by atoms with Gasteiger partial charge in [-0.2, -0.15) is 0 Å². The first-order valence-corrected chi connectivity index (χ1v) is 8.10. The van der Waals surface area contributed by atoms with Crippen molar-refractivity contribution in [1.82, 2.24) is 10.2 Å². The van der Waals surface area contributed by atoms with E-state index < -0.39 is 11.6 Å². The number of carbonyl (C=O) groups is 2. The molecule has 1 amide bonds. The molecule has 6 heteroatoms. The van der Waals surface area contributed by atoms with Crippen LogP contribution >= 0.6 is 0 Å². The molecule has 0 spiro atoms. The number of carboxylic acid groups (broad SMARTS) is 1. The maximum Gasteiger partial charge on any atom is 0.410 e. The van der Waals surface area contributed by atoms with Crippen molar-refractivity contribution in [2.45, 2.75) is 65.0 Å². The van der Waals surface area contributed by atoms with E-state index in [4.69, 9.17) is 9.84 Å². The number of nitrogens with zero attached hydrogens (tertiary/aromatic N) is 1. The Labute approximate surface area is 133 Å². The highest BCUT2D eigenvalue weighted by Crippen LogP contribution is 2.19. The number of hydrogen-bond donors (Lipinski definition) is 2. The molecule has 0 aromatic heterocycles. The summed E-state index contributed by atoms with van der Waals surface area (Å²) in [6, 6.07) is 0.174. The number of hydrogen-bond acceptors (Lipinski definition) is 4. The second-order valence-electron chi connectivity index (χ2n) is 7.18.